The van der Waals surface area contributed by atoms with Gasteiger partial charge in [-0.25, -0.2) is 0 Å². The minimum Gasteiger partial charge on any atom is -0.368 e. The summed E-state index contributed by atoms with van der Waals surface area (Å²) in [5, 5.41) is 16.7. The van der Waals surface area contributed by atoms with Gasteiger partial charge in [-0.15, -0.1) is 10.2 Å². The summed E-state index contributed by atoms with van der Waals surface area (Å²) in [6, 6.07) is 18.9. The van der Waals surface area contributed by atoms with Crippen LogP contribution in [0.1, 0.15) is 94.9 Å². The molecular formula is C45H45ClN10O4. The van der Waals surface area contributed by atoms with Crippen molar-refractivity contribution in [3.63, 3.8) is 0 Å². The number of likely N-dealkylation sites (N-methyl/N-ethyl adjacent to an activating group) is 1. The molecule has 15 heteroatoms. The lowest BCUT2D eigenvalue weighted by Crippen LogP contribution is -2.58. The Kier molecular flexibility index (Phi) is 9.51. The molecule has 4 amide bonds. The van der Waals surface area contributed by atoms with Crippen molar-refractivity contribution in [2.75, 3.05) is 31.6 Å². The molecule has 4 aliphatic heterocycles. The molecule has 3 aromatic carbocycles. The highest BCUT2D eigenvalue weighted by Gasteiger charge is 2.51. The first kappa shape index (κ1) is 38.2. The number of aliphatic imine (C=N–C) groups is 1. The van der Waals surface area contributed by atoms with Gasteiger partial charge in [-0.1, -0.05) is 48.7 Å². The Morgan fingerprint density at radius 3 is 2.40 bits per heavy atom. The molecule has 0 bridgehead atoms. The average Bonchev–Trinajstić information content (AvgIpc) is 3.57. The highest BCUT2D eigenvalue weighted by Crippen LogP contribution is 2.52. The Balaban J connectivity index is 0.724. The molecule has 5 aromatic rings. The Morgan fingerprint density at radius 2 is 1.63 bits per heavy atom. The second kappa shape index (κ2) is 14.9. The van der Waals surface area contributed by atoms with Gasteiger partial charge in [-0.3, -0.25) is 48.5 Å². The summed E-state index contributed by atoms with van der Waals surface area (Å²) < 4.78 is 4.21. The minimum absolute atomic E-state index is 0.0919. The van der Waals surface area contributed by atoms with Gasteiger partial charge in [0.1, 0.15) is 17.4 Å². The molecule has 10 rings (SSSR count). The zero-order valence-corrected chi connectivity index (χ0v) is 34.4. The van der Waals surface area contributed by atoms with E-state index in [4.69, 9.17) is 21.7 Å². The van der Waals surface area contributed by atoms with Crippen molar-refractivity contribution in [1.82, 2.24) is 39.7 Å². The molecule has 306 valence electrons. The van der Waals surface area contributed by atoms with Crippen LogP contribution in [0.2, 0.25) is 5.02 Å². The number of hydrogen-bond donors (Lipinski definition) is 1. The third kappa shape index (κ3) is 6.62. The topological polar surface area (TPSA) is 151 Å². The van der Waals surface area contributed by atoms with Crippen LogP contribution in [0.25, 0.3) is 16.8 Å². The normalized spacial score (nSPS) is 19.4. The Hall–Kier alpha value is -5.99. The van der Waals surface area contributed by atoms with Gasteiger partial charge in [-0.2, -0.15) is 5.10 Å². The summed E-state index contributed by atoms with van der Waals surface area (Å²) in [7, 11) is 1.96. The number of piperidine rings is 1. The fourth-order valence-electron chi connectivity index (χ4n) is 9.21. The molecule has 14 nitrogen and oxygen atoms in total. The van der Waals surface area contributed by atoms with Crippen LogP contribution in [-0.2, 0) is 21.7 Å². The smallest absolute Gasteiger partial charge is 0.264 e. The van der Waals surface area contributed by atoms with Crippen molar-refractivity contribution >= 4 is 46.6 Å². The van der Waals surface area contributed by atoms with Crippen LogP contribution in [0.3, 0.4) is 0 Å². The number of carbonyl (C=O) groups is 4. The number of anilines is 1. The summed E-state index contributed by atoms with van der Waals surface area (Å²) in [4.78, 5) is 62.1. The van der Waals surface area contributed by atoms with Crippen LogP contribution in [0.15, 0.2) is 78.0 Å². The Morgan fingerprint density at radius 1 is 0.867 bits per heavy atom. The third-order valence-corrected chi connectivity index (χ3v) is 13.0. The monoisotopic (exact) mass is 824 g/mol. The largest absolute Gasteiger partial charge is 0.368 e. The lowest BCUT2D eigenvalue weighted by Gasteiger charge is -2.45. The molecule has 3 fully saturated rings. The van der Waals surface area contributed by atoms with Gasteiger partial charge in [0.25, 0.3) is 11.8 Å². The zero-order valence-electron chi connectivity index (χ0n) is 33.6. The first-order valence-corrected chi connectivity index (χ1v) is 21.2. The maximum absolute atomic E-state index is 13.6. The van der Waals surface area contributed by atoms with E-state index >= 15 is 0 Å². The van der Waals surface area contributed by atoms with E-state index in [-0.39, 0.29) is 30.3 Å². The number of nitrogens with zero attached hydrogens (tertiary/aromatic N) is 9. The van der Waals surface area contributed by atoms with Crippen LogP contribution in [0, 0.1) is 6.92 Å². The Labute approximate surface area is 352 Å². The van der Waals surface area contributed by atoms with Gasteiger partial charge in [0.15, 0.2) is 5.82 Å². The van der Waals surface area contributed by atoms with Crippen molar-refractivity contribution in [2.24, 2.45) is 4.99 Å². The van der Waals surface area contributed by atoms with E-state index in [1.54, 1.807) is 12.1 Å². The van der Waals surface area contributed by atoms with Gasteiger partial charge >= 0.3 is 0 Å². The lowest BCUT2D eigenvalue weighted by molar-refractivity contribution is -0.136. The van der Waals surface area contributed by atoms with Crippen LogP contribution >= 0.6 is 11.6 Å². The molecule has 1 aliphatic carbocycles. The number of aryl methyl sites for hydroxylation is 2. The number of likely N-dealkylation sites (tertiary alicyclic amines) is 1. The molecule has 1 unspecified atom stereocenters. The Bertz CT molecular complexity index is 2600. The van der Waals surface area contributed by atoms with Crippen molar-refractivity contribution < 1.29 is 19.2 Å². The number of aromatic nitrogens is 5. The van der Waals surface area contributed by atoms with Gasteiger partial charge in [0.2, 0.25) is 11.8 Å². The number of rotatable bonds is 12. The molecule has 6 heterocycles. The fourth-order valence-corrected chi connectivity index (χ4v) is 9.34. The van der Waals surface area contributed by atoms with Crippen LogP contribution in [-0.4, -0.2) is 102 Å². The molecule has 5 aliphatic rings. The molecule has 1 spiro atoms. The van der Waals surface area contributed by atoms with E-state index in [1.165, 1.54) is 0 Å². The number of halogens is 1. The number of benzene rings is 3. The molecule has 1 N–H and O–H groups in total. The first-order chi connectivity index (χ1) is 29.1. The molecular weight excluding hydrogens is 780 g/mol. The predicted octanol–water partition coefficient (Wildman–Crippen LogP) is 5.71. The average molecular weight is 825 g/mol. The fraction of sp³-hybridized carbons (Fsp3) is 0.378. The number of amides is 4. The summed E-state index contributed by atoms with van der Waals surface area (Å²) >= 11 is 6.29. The highest BCUT2D eigenvalue weighted by molar-refractivity contribution is 6.30. The number of unbranched alkanes of at least 4 members (excludes halogenated alkanes) is 3. The highest BCUT2D eigenvalue weighted by atomic mass is 35.5. The van der Waals surface area contributed by atoms with Crippen LogP contribution in [0.5, 0.6) is 0 Å². The van der Waals surface area contributed by atoms with E-state index in [0.29, 0.717) is 21.8 Å². The van der Waals surface area contributed by atoms with E-state index in [9.17, 15) is 19.2 Å². The van der Waals surface area contributed by atoms with Crippen molar-refractivity contribution in [2.45, 2.75) is 82.5 Å². The summed E-state index contributed by atoms with van der Waals surface area (Å²) in [5.41, 5.74) is 7.11. The third-order valence-electron chi connectivity index (χ3n) is 12.8. The quantitative estimate of drug-likeness (QED) is 0.123. The second-order valence-corrected chi connectivity index (χ2v) is 17.2. The SMILES string of the molecule is Cc1nnc2n1-c1ccc(-c3cnn(CCCCCCN4CC(N(C)c5cccc6c5C(=O)N(C5CCC(=O)NC5=O)C6=O)C4)c3)cc1C(c1ccc(Cl)cc1)=NC21CC1. The molecule has 0 radical (unpaired) electrons. The number of carbonyl (C=O) groups excluding carboxylic acids is 4. The zero-order chi connectivity index (χ0) is 41.3. The van der Waals surface area contributed by atoms with E-state index in [1.807, 2.05) is 55.2 Å². The van der Waals surface area contributed by atoms with Gasteiger partial charge in [0, 0.05) is 61.0 Å². The number of fused-ring (bicyclic) bond motifs is 5. The molecule has 60 heavy (non-hydrogen) atoms. The van der Waals surface area contributed by atoms with Gasteiger partial charge in [-0.05, 0) is 87.5 Å². The number of hydrogen-bond acceptors (Lipinski definition) is 10. The maximum atomic E-state index is 13.6. The number of nitrogens with one attached hydrogen (secondary N) is 1. The van der Waals surface area contributed by atoms with Gasteiger partial charge < -0.3 is 4.90 Å². The van der Waals surface area contributed by atoms with E-state index in [0.717, 1.165) is 115 Å². The lowest BCUT2D eigenvalue weighted by atomic mass is 9.96. The van der Waals surface area contributed by atoms with Crippen molar-refractivity contribution in [3.05, 3.63) is 112 Å². The molecule has 2 aromatic heterocycles. The standard InChI is InChI=1S/C45H45ClN10O4/c1-27-50-51-44-45(18-19-45)49-40(28-10-13-31(46)14-11-28)34-22-29(12-15-35(34)55(27)44)30-23-47-54(24-30)21-6-4-3-5-20-53-25-32(26-53)52(2)36-9-7-8-33-39(36)43(60)56(42(33)59)37-16-17-38(57)48-41(37)58/h7-15,22-24,32,37H,3-6,16-21,25-26H2,1-2H3,(H,48,57,58). The first-order valence-electron chi connectivity index (χ1n) is 20.8. The summed E-state index contributed by atoms with van der Waals surface area (Å²) in [6.45, 7) is 5.57. The van der Waals surface area contributed by atoms with Gasteiger partial charge in [0.05, 0.1) is 40.5 Å². The second-order valence-electron chi connectivity index (χ2n) is 16.7. The van der Waals surface area contributed by atoms with E-state index < -0.39 is 23.8 Å². The maximum Gasteiger partial charge on any atom is 0.264 e. The molecule has 2 saturated heterocycles. The molecule has 1 atom stereocenters. The van der Waals surface area contributed by atoms with Crippen LogP contribution in [0.4, 0.5) is 5.69 Å². The van der Waals surface area contributed by atoms with Crippen LogP contribution < -0.4 is 10.2 Å². The predicted molar refractivity (Wildman–Crippen MR) is 226 cm³/mol. The van der Waals surface area contributed by atoms with Crippen molar-refractivity contribution in [3.8, 4) is 16.8 Å². The van der Waals surface area contributed by atoms with E-state index in [2.05, 4.69) is 54.3 Å². The summed E-state index contributed by atoms with van der Waals surface area (Å²) in [6.07, 6.45) is 10.5. The minimum atomic E-state index is -0.980. The number of imide groups is 2. The molecule has 1 saturated carbocycles. The summed E-state index contributed by atoms with van der Waals surface area (Å²) in [5.74, 6) is -0.204. The van der Waals surface area contributed by atoms with Crippen molar-refractivity contribution in [1.29, 1.82) is 0 Å².